The monoisotopic (exact) mass is 472 g/mol. The van der Waals surface area contributed by atoms with Crippen LogP contribution in [0.4, 0.5) is 0 Å². The van der Waals surface area contributed by atoms with Gasteiger partial charge in [0, 0.05) is 36.2 Å². The molecule has 2 saturated heterocycles. The first kappa shape index (κ1) is 22.4. The molecular formula is C29H32N2O4. The Morgan fingerprint density at radius 1 is 1.09 bits per heavy atom. The van der Waals surface area contributed by atoms with Crippen LogP contribution in [0, 0.1) is 5.41 Å². The Kier molecular flexibility index (Phi) is 5.86. The highest BCUT2D eigenvalue weighted by Crippen LogP contribution is 2.39. The average Bonchev–Trinajstić information content (AvgIpc) is 3.44. The van der Waals surface area contributed by atoms with Crippen molar-refractivity contribution in [2.75, 3.05) is 46.6 Å². The van der Waals surface area contributed by atoms with Gasteiger partial charge in [0.25, 0.3) is 0 Å². The molecule has 1 aliphatic carbocycles. The molecule has 6 heteroatoms. The summed E-state index contributed by atoms with van der Waals surface area (Å²) in [6.07, 6.45) is 7.24. The summed E-state index contributed by atoms with van der Waals surface area (Å²) in [5, 5.41) is 0.897. The van der Waals surface area contributed by atoms with E-state index in [2.05, 4.69) is 35.0 Å². The molecule has 35 heavy (non-hydrogen) atoms. The van der Waals surface area contributed by atoms with Crippen LogP contribution in [0.15, 0.2) is 48.2 Å². The number of fused-ring (bicyclic) bond motifs is 2. The minimum atomic E-state index is 0.434. The van der Waals surface area contributed by atoms with E-state index in [1.54, 1.807) is 13.3 Å². The quantitative estimate of drug-likeness (QED) is 0.404. The fraction of sp³-hybridized carbons (Fsp3) is 0.414. The number of nitrogens with zero attached hydrogens (tertiary/aromatic N) is 2. The van der Waals surface area contributed by atoms with Gasteiger partial charge in [0.1, 0.15) is 11.5 Å². The predicted octanol–water partition coefficient (Wildman–Crippen LogP) is 5.49. The Labute approximate surface area is 206 Å². The van der Waals surface area contributed by atoms with Crippen molar-refractivity contribution in [1.29, 1.82) is 0 Å². The van der Waals surface area contributed by atoms with E-state index in [1.165, 1.54) is 23.1 Å². The second kappa shape index (κ2) is 9.17. The number of hydrogen-bond acceptors (Lipinski definition) is 6. The van der Waals surface area contributed by atoms with Crippen LogP contribution in [0.25, 0.3) is 17.0 Å². The van der Waals surface area contributed by atoms with Crippen LogP contribution in [-0.2, 0) is 11.2 Å². The highest BCUT2D eigenvalue weighted by Gasteiger charge is 2.43. The van der Waals surface area contributed by atoms with Gasteiger partial charge in [-0.15, -0.1) is 0 Å². The van der Waals surface area contributed by atoms with E-state index in [9.17, 15) is 0 Å². The minimum Gasteiger partial charge on any atom is -0.493 e. The maximum absolute atomic E-state index is 6.30. The summed E-state index contributed by atoms with van der Waals surface area (Å²) in [5.74, 6) is 2.97. The maximum atomic E-state index is 6.30. The molecule has 6 rings (SSSR count). The number of allylic oxidation sites excluding steroid dienone is 1. The number of rotatable bonds is 8. The molecule has 0 atom stereocenters. The van der Waals surface area contributed by atoms with Gasteiger partial charge >= 0.3 is 0 Å². The molecule has 1 aromatic heterocycles. The van der Waals surface area contributed by atoms with Gasteiger partial charge < -0.3 is 23.8 Å². The molecule has 2 fully saturated rings. The zero-order chi connectivity index (χ0) is 23.8. The van der Waals surface area contributed by atoms with Crippen molar-refractivity contribution in [2.24, 2.45) is 5.41 Å². The highest BCUT2D eigenvalue weighted by molar-refractivity contribution is 5.88. The molecule has 0 unspecified atom stereocenters. The third-order valence-electron chi connectivity index (χ3n) is 7.41. The summed E-state index contributed by atoms with van der Waals surface area (Å²) < 4.78 is 23.5. The van der Waals surface area contributed by atoms with Crippen LogP contribution in [-0.4, -0.2) is 56.4 Å². The topological polar surface area (TPSA) is 53.0 Å². The van der Waals surface area contributed by atoms with Crippen molar-refractivity contribution in [3.63, 3.8) is 0 Å². The van der Waals surface area contributed by atoms with Crippen LogP contribution in [0.3, 0.4) is 0 Å². The summed E-state index contributed by atoms with van der Waals surface area (Å²) in [4.78, 5) is 7.10. The third kappa shape index (κ3) is 4.48. The number of benzene rings is 2. The molecular weight excluding hydrogens is 440 g/mol. The number of ether oxygens (including phenoxy) is 4. The molecule has 2 aromatic carbocycles. The predicted molar refractivity (Wildman–Crippen MR) is 137 cm³/mol. The van der Waals surface area contributed by atoms with Gasteiger partial charge in [-0.2, -0.15) is 0 Å². The van der Waals surface area contributed by atoms with Gasteiger partial charge in [-0.25, -0.2) is 0 Å². The number of pyridine rings is 1. The number of aromatic nitrogens is 1. The number of likely N-dealkylation sites (tertiary alicyclic amines) is 1. The second-order valence-corrected chi connectivity index (χ2v) is 10.2. The summed E-state index contributed by atoms with van der Waals surface area (Å²) >= 11 is 0. The van der Waals surface area contributed by atoms with Crippen LogP contribution >= 0.6 is 0 Å². The van der Waals surface area contributed by atoms with E-state index in [1.807, 2.05) is 24.3 Å². The summed E-state index contributed by atoms with van der Waals surface area (Å²) in [5.41, 5.74) is 5.21. The van der Waals surface area contributed by atoms with Crippen molar-refractivity contribution < 1.29 is 18.9 Å². The Morgan fingerprint density at radius 2 is 2.00 bits per heavy atom. The minimum absolute atomic E-state index is 0.434. The first-order chi connectivity index (χ1) is 17.1. The Bertz CT molecular complexity index is 1280. The lowest BCUT2D eigenvalue weighted by molar-refractivity contribution is -0.105. The molecule has 6 nitrogen and oxygen atoms in total. The van der Waals surface area contributed by atoms with Gasteiger partial charge in [0.2, 0.25) is 0 Å². The fourth-order valence-electron chi connectivity index (χ4n) is 5.48. The molecule has 0 saturated carbocycles. The smallest absolute Gasteiger partial charge is 0.163 e. The van der Waals surface area contributed by atoms with E-state index < -0.39 is 0 Å². The molecule has 1 spiro atoms. The van der Waals surface area contributed by atoms with E-state index in [4.69, 9.17) is 18.9 Å². The highest BCUT2D eigenvalue weighted by atomic mass is 16.5. The lowest BCUT2D eigenvalue weighted by Crippen LogP contribution is -2.44. The molecule has 0 bridgehead atoms. The Morgan fingerprint density at radius 3 is 2.80 bits per heavy atom. The van der Waals surface area contributed by atoms with Gasteiger partial charge in [0.15, 0.2) is 11.5 Å². The van der Waals surface area contributed by atoms with Crippen molar-refractivity contribution in [3.05, 3.63) is 59.3 Å². The maximum Gasteiger partial charge on any atom is 0.163 e. The van der Waals surface area contributed by atoms with Crippen molar-refractivity contribution in [1.82, 2.24) is 9.88 Å². The van der Waals surface area contributed by atoms with Crippen LogP contribution in [0.1, 0.15) is 30.9 Å². The van der Waals surface area contributed by atoms with Crippen LogP contribution in [0.5, 0.6) is 23.0 Å². The van der Waals surface area contributed by atoms with E-state index >= 15 is 0 Å². The zero-order valence-electron chi connectivity index (χ0n) is 20.5. The van der Waals surface area contributed by atoms with Gasteiger partial charge in [-0.05, 0) is 68.1 Å². The summed E-state index contributed by atoms with van der Waals surface area (Å²) in [6, 6.07) is 12.1. The summed E-state index contributed by atoms with van der Waals surface area (Å²) in [7, 11) is 1.67. The largest absolute Gasteiger partial charge is 0.493 e. The fourth-order valence-corrected chi connectivity index (χ4v) is 5.48. The van der Waals surface area contributed by atoms with Gasteiger partial charge in [-0.1, -0.05) is 17.7 Å². The van der Waals surface area contributed by atoms with Crippen LogP contribution < -0.4 is 14.2 Å². The third-order valence-corrected chi connectivity index (χ3v) is 7.41. The molecule has 0 N–H and O–H groups in total. The lowest BCUT2D eigenvalue weighted by Gasteiger charge is -2.37. The summed E-state index contributed by atoms with van der Waals surface area (Å²) in [6.45, 7) is 8.01. The Hall–Kier alpha value is -3.09. The molecule has 182 valence electrons. The molecule has 0 radical (unpaired) electrons. The number of hydrogen-bond donors (Lipinski definition) is 0. The lowest BCUT2D eigenvalue weighted by atomic mass is 9.85. The standard InChI is InChI=1S/C29H32N2O4/c1-20-12-21-4-5-23(14-22(21)13-20)35-26-6-8-30-25-16-28(27(32-2)15-24(25)26)34-11-3-9-31-10-7-29(17-31)18-33-19-29/h4-6,8,13-16H,3,7,9-12,17-19H2,1-2H3. The molecule has 3 aliphatic rings. The SMILES string of the molecule is COc1cc2c(Oc3ccc4c(c3)C=C(C)C4)ccnc2cc1OCCCN1CCC2(COC2)C1. The second-order valence-electron chi connectivity index (χ2n) is 10.2. The van der Waals surface area contributed by atoms with Crippen molar-refractivity contribution in [2.45, 2.75) is 26.2 Å². The average molecular weight is 473 g/mol. The Balaban J connectivity index is 1.14. The van der Waals surface area contributed by atoms with Gasteiger partial charge in [0.05, 0.1) is 32.4 Å². The van der Waals surface area contributed by atoms with Crippen molar-refractivity contribution in [3.8, 4) is 23.0 Å². The van der Waals surface area contributed by atoms with Gasteiger partial charge in [-0.3, -0.25) is 4.98 Å². The zero-order valence-corrected chi connectivity index (χ0v) is 20.5. The molecule has 3 heterocycles. The number of methoxy groups -OCH3 is 1. The van der Waals surface area contributed by atoms with E-state index in [0.717, 1.165) is 68.1 Å². The normalized spacial score (nSPS) is 18.4. The molecule has 2 aliphatic heterocycles. The van der Waals surface area contributed by atoms with E-state index in [-0.39, 0.29) is 0 Å². The van der Waals surface area contributed by atoms with Crippen LogP contribution in [0.2, 0.25) is 0 Å². The first-order valence-corrected chi connectivity index (χ1v) is 12.5. The molecule has 3 aromatic rings. The first-order valence-electron chi connectivity index (χ1n) is 12.5. The van der Waals surface area contributed by atoms with E-state index in [0.29, 0.717) is 23.5 Å². The van der Waals surface area contributed by atoms with Crippen molar-refractivity contribution >= 4 is 17.0 Å². The molecule has 0 amide bonds.